The molecule has 1 amide bonds. The van der Waals surface area contributed by atoms with Crippen LogP contribution >= 0.6 is 0 Å². The van der Waals surface area contributed by atoms with Crippen molar-refractivity contribution in [3.63, 3.8) is 0 Å². The van der Waals surface area contributed by atoms with Gasteiger partial charge < -0.3 is 23.4 Å². The molecule has 0 radical (unpaired) electrons. The molecule has 0 fully saturated rings. The van der Waals surface area contributed by atoms with Crippen LogP contribution in [0.5, 0.6) is 5.75 Å². The standard InChI is InChI=1S/C8H8BF3NO2.K/c10-9(11,12)5-15-7-3-1-6(2-4-7)8(13)14;/h1-4H,5H2,(H2,13,14);/q-1;+1. The summed E-state index contributed by atoms with van der Waals surface area (Å²) in [5.41, 5.74) is 5.17. The van der Waals surface area contributed by atoms with E-state index in [1.54, 1.807) is 0 Å². The Morgan fingerprint density at radius 3 is 2.12 bits per heavy atom. The quantitative estimate of drug-likeness (QED) is 0.671. The van der Waals surface area contributed by atoms with Crippen molar-refractivity contribution in [1.82, 2.24) is 0 Å². The van der Waals surface area contributed by atoms with Gasteiger partial charge in [0, 0.05) is 5.56 Å². The number of ether oxygens (including phenoxy) is 1. The Morgan fingerprint density at radius 1 is 1.25 bits per heavy atom. The molecule has 16 heavy (non-hydrogen) atoms. The number of carbonyl (C=O) groups is 1. The Labute approximate surface area is 133 Å². The van der Waals surface area contributed by atoms with Gasteiger partial charge in [-0.1, -0.05) is 0 Å². The summed E-state index contributed by atoms with van der Waals surface area (Å²) in [4.78, 5) is 10.6. The summed E-state index contributed by atoms with van der Waals surface area (Å²) in [7, 11) is 0. The van der Waals surface area contributed by atoms with Crippen molar-refractivity contribution in [2.75, 3.05) is 6.51 Å². The molecule has 0 aromatic heterocycles. The number of hydrogen-bond acceptors (Lipinski definition) is 2. The summed E-state index contributed by atoms with van der Waals surface area (Å²) in [6.07, 6.45) is 0. The van der Waals surface area contributed by atoms with Gasteiger partial charge in [-0.3, -0.25) is 4.79 Å². The van der Waals surface area contributed by atoms with Crippen LogP contribution in [0.2, 0.25) is 0 Å². The zero-order valence-corrected chi connectivity index (χ0v) is 11.7. The van der Waals surface area contributed by atoms with E-state index < -0.39 is 19.4 Å². The minimum Gasteiger partial charge on any atom is -0.522 e. The van der Waals surface area contributed by atoms with Crippen LogP contribution in [0.3, 0.4) is 0 Å². The zero-order valence-electron chi connectivity index (χ0n) is 8.62. The molecule has 2 N–H and O–H groups in total. The molecule has 0 aliphatic carbocycles. The van der Waals surface area contributed by atoms with Crippen LogP contribution < -0.4 is 61.9 Å². The first kappa shape index (κ1) is 16.0. The molecular formula is C8H8BF3KNO2. The van der Waals surface area contributed by atoms with Crippen molar-refractivity contribution < 1.29 is 73.9 Å². The largest absolute Gasteiger partial charge is 1.00 e. The van der Waals surface area contributed by atoms with E-state index in [0.29, 0.717) is 0 Å². The Morgan fingerprint density at radius 2 is 1.75 bits per heavy atom. The van der Waals surface area contributed by atoms with E-state index in [1.807, 2.05) is 0 Å². The third-order valence-electron chi connectivity index (χ3n) is 1.58. The molecule has 0 bridgehead atoms. The van der Waals surface area contributed by atoms with Crippen molar-refractivity contribution in [3.8, 4) is 5.75 Å². The second-order valence-corrected chi connectivity index (χ2v) is 2.91. The van der Waals surface area contributed by atoms with Crippen molar-refractivity contribution in [1.29, 1.82) is 0 Å². The summed E-state index contributed by atoms with van der Waals surface area (Å²) in [6, 6.07) is 5.14. The van der Waals surface area contributed by atoms with Crippen LogP contribution in [0, 0.1) is 0 Å². The van der Waals surface area contributed by atoms with Gasteiger partial charge in [-0.05, 0) is 24.3 Å². The first-order chi connectivity index (χ1) is 6.88. The maximum atomic E-state index is 11.8. The number of rotatable bonds is 4. The van der Waals surface area contributed by atoms with Gasteiger partial charge >= 0.3 is 58.4 Å². The Bertz CT molecular complexity index is 355. The summed E-state index contributed by atoms with van der Waals surface area (Å²) in [5, 5.41) is 0. The van der Waals surface area contributed by atoms with E-state index >= 15 is 0 Å². The van der Waals surface area contributed by atoms with E-state index in [4.69, 9.17) is 5.73 Å². The summed E-state index contributed by atoms with van der Waals surface area (Å²) in [5.74, 6) is -0.583. The van der Waals surface area contributed by atoms with Gasteiger partial charge in [-0.15, -0.1) is 0 Å². The first-order valence-corrected chi connectivity index (χ1v) is 4.12. The number of benzene rings is 1. The fraction of sp³-hybridized carbons (Fsp3) is 0.125. The van der Waals surface area contributed by atoms with Gasteiger partial charge in [0.2, 0.25) is 5.91 Å². The van der Waals surface area contributed by atoms with Crippen LogP contribution in [0.15, 0.2) is 24.3 Å². The topological polar surface area (TPSA) is 52.3 Å². The third-order valence-corrected chi connectivity index (χ3v) is 1.58. The molecule has 3 nitrogen and oxygen atoms in total. The van der Waals surface area contributed by atoms with Crippen molar-refractivity contribution in [3.05, 3.63) is 29.8 Å². The number of halogens is 3. The summed E-state index contributed by atoms with van der Waals surface area (Å²) in [6.45, 7) is -6.26. The molecule has 0 aliphatic heterocycles. The molecular weight excluding hydrogens is 249 g/mol. The van der Waals surface area contributed by atoms with Crippen molar-refractivity contribution in [2.45, 2.75) is 0 Å². The Balaban J connectivity index is 0.00000225. The van der Waals surface area contributed by atoms with E-state index in [2.05, 4.69) is 4.74 Å². The number of hydrogen-bond donors (Lipinski definition) is 1. The molecule has 0 saturated carbocycles. The fourth-order valence-electron chi connectivity index (χ4n) is 0.906. The average Bonchev–Trinajstić information content (AvgIpc) is 2.14. The predicted octanol–water partition coefficient (Wildman–Crippen LogP) is -1.45. The minimum absolute atomic E-state index is 0. The Hall–Kier alpha value is -0.0187. The second-order valence-electron chi connectivity index (χ2n) is 2.91. The summed E-state index contributed by atoms with van der Waals surface area (Å²) < 4.78 is 39.9. The van der Waals surface area contributed by atoms with Crippen LogP contribution in [-0.2, 0) is 0 Å². The molecule has 1 aromatic carbocycles. The van der Waals surface area contributed by atoms with Crippen molar-refractivity contribution in [2.24, 2.45) is 5.73 Å². The number of amides is 1. The van der Waals surface area contributed by atoms with E-state index in [0.717, 1.165) is 0 Å². The van der Waals surface area contributed by atoms with E-state index in [-0.39, 0.29) is 62.7 Å². The number of nitrogens with two attached hydrogens (primary N) is 1. The molecule has 0 heterocycles. The van der Waals surface area contributed by atoms with Gasteiger partial charge in [0.25, 0.3) is 0 Å². The molecule has 82 valence electrons. The molecule has 0 spiro atoms. The SMILES string of the molecule is NC(=O)c1ccc(OC[B-](F)(F)F)cc1.[K+]. The molecule has 0 aliphatic rings. The van der Waals surface area contributed by atoms with Gasteiger partial charge in [0.05, 0.1) is 6.51 Å². The monoisotopic (exact) mass is 257 g/mol. The van der Waals surface area contributed by atoms with E-state index in [9.17, 15) is 17.7 Å². The van der Waals surface area contributed by atoms with Crippen LogP contribution in [-0.4, -0.2) is 19.4 Å². The normalized spacial score (nSPS) is 10.4. The van der Waals surface area contributed by atoms with Crippen LogP contribution in [0.1, 0.15) is 10.4 Å². The maximum Gasteiger partial charge on any atom is 1.00 e. The smallest absolute Gasteiger partial charge is 0.522 e. The molecule has 1 aromatic rings. The molecule has 0 saturated heterocycles. The van der Waals surface area contributed by atoms with Gasteiger partial charge in [0.15, 0.2) is 0 Å². The maximum absolute atomic E-state index is 11.8. The molecule has 0 unspecified atom stereocenters. The van der Waals surface area contributed by atoms with Gasteiger partial charge in [0.1, 0.15) is 5.75 Å². The number of primary amides is 1. The van der Waals surface area contributed by atoms with Gasteiger partial charge in [-0.25, -0.2) is 0 Å². The third kappa shape index (κ3) is 5.90. The van der Waals surface area contributed by atoms with E-state index in [1.165, 1.54) is 24.3 Å². The van der Waals surface area contributed by atoms with Crippen molar-refractivity contribution >= 4 is 12.9 Å². The molecule has 1 rings (SSSR count). The summed E-state index contributed by atoms with van der Waals surface area (Å²) >= 11 is 0. The number of carbonyl (C=O) groups excluding carboxylic acids is 1. The Kier molecular flexibility index (Phi) is 6.64. The second kappa shape index (κ2) is 6.65. The fourth-order valence-corrected chi connectivity index (χ4v) is 0.906. The minimum atomic E-state index is -4.97. The molecule has 0 atom stereocenters. The average molecular weight is 257 g/mol. The molecule has 8 heteroatoms. The van der Waals surface area contributed by atoms with Gasteiger partial charge in [-0.2, -0.15) is 0 Å². The first-order valence-electron chi connectivity index (χ1n) is 4.12. The van der Waals surface area contributed by atoms with Crippen LogP contribution in [0.25, 0.3) is 0 Å². The van der Waals surface area contributed by atoms with Crippen LogP contribution in [0.4, 0.5) is 12.9 Å². The predicted molar refractivity (Wildman–Crippen MR) is 49.5 cm³/mol. The zero-order chi connectivity index (χ0) is 11.5.